The quantitative estimate of drug-likeness (QED) is 0.407. The number of alkyl halides is 1. The van der Waals surface area contributed by atoms with E-state index >= 15 is 0 Å². The van der Waals surface area contributed by atoms with E-state index in [2.05, 4.69) is 22.9 Å². The summed E-state index contributed by atoms with van der Waals surface area (Å²) in [6, 6.07) is 0. The number of carboxylic acids is 1. The first-order valence-electron chi connectivity index (χ1n) is 6.98. The molecule has 0 aromatic rings. The van der Waals surface area contributed by atoms with Crippen molar-refractivity contribution >= 4 is 21.9 Å². The lowest BCUT2D eigenvalue weighted by Gasteiger charge is -2.10. The fraction of sp³-hybridized carbons (Fsp3) is 0.929. The molecule has 17 heavy (non-hydrogen) atoms. The van der Waals surface area contributed by atoms with Gasteiger partial charge >= 0.3 is 5.97 Å². The normalized spacial score (nSPS) is 12.6. The zero-order valence-corrected chi connectivity index (χ0v) is 12.7. The molecule has 1 unspecified atom stereocenters. The van der Waals surface area contributed by atoms with Gasteiger partial charge in [0.05, 0.1) is 0 Å². The van der Waals surface area contributed by atoms with Gasteiger partial charge in [-0.3, -0.25) is 4.79 Å². The van der Waals surface area contributed by atoms with Gasteiger partial charge in [-0.2, -0.15) is 0 Å². The fourth-order valence-corrected chi connectivity index (χ4v) is 2.60. The van der Waals surface area contributed by atoms with Gasteiger partial charge in [-0.1, -0.05) is 74.2 Å². The van der Waals surface area contributed by atoms with Gasteiger partial charge in [-0.05, 0) is 12.3 Å². The number of carbonyl (C=O) groups is 1. The van der Waals surface area contributed by atoms with Crippen LogP contribution in [-0.2, 0) is 4.79 Å². The number of carboxylic acid groups (broad SMARTS) is 1. The molecule has 0 aliphatic carbocycles. The highest BCUT2D eigenvalue weighted by atomic mass is 79.9. The van der Waals surface area contributed by atoms with Crippen LogP contribution in [0.5, 0.6) is 0 Å². The molecule has 1 N–H and O–H groups in total. The van der Waals surface area contributed by atoms with Crippen LogP contribution >= 0.6 is 15.9 Å². The molecule has 2 nitrogen and oxygen atoms in total. The Morgan fingerprint density at radius 2 is 1.59 bits per heavy atom. The second kappa shape index (κ2) is 12.4. The minimum Gasteiger partial charge on any atom is -0.481 e. The van der Waals surface area contributed by atoms with Crippen molar-refractivity contribution in [1.82, 2.24) is 0 Å². The zero-order chi connectivity index (χ0) is 12.9. The number of hydrogen-bond donors (Lipinski definition) is 1. The SMILES string of the molecule is CCCCCCCCCCC(CBr)CC(=O)O. The van der Waals surface area contributed by atoms with Crippen LogP contribution in [0.3, 0.4) is 0 Å². The van der Waals surface area contributed by atoms with Crippen LogP contribution in [0.15, 0.2) is 0 Å². The van der Waals surface area contributed by atoms with Gasteiger partial charge in [0, 0.05) is 11.8 Å². The molecule has 0 aromatic carbocycles. The summed E-state index contributed by atoms with van der Waals surface area (Å²) in [5, 5.41) is 9.53. The summed E-state index contributed by atoms with van der Waals surface area (Å²) in [4.78, 5) is 10.6. The first kappa shape index (κ1) is 16.9. The van der Waals surface area contributed by atoms with Gasteiger partial charge in [0.1, 0.15) is 0 Å². The van der Waals surface area contributed by atoms with E-state index in [1.165, 1.54) is 51.4 Å². The summed E-state index contributed by atoms with van der Waals surface area (Å²) in [7, 11) is 0. The highest BCUT2D eigenvalue weighted by Gasteiger charge is 2.10. The lowest BCUT2D eigenvalue weighted by Crippen LogP contribution is -2.09. The highest BCUT2D eigenvalue weighted by molar-refractivity contribution is 9.09. The molecule has 0 bridgehead atoms. The first-order valence-corrected chi connectivity index (χ1v) is 8.10. The maximum Gasteiger partial charge on any atom is 0.303 e. The van der Waals surface area contributed by atoms with E-state index in [9.17, 15) is 4.79 Å². The molecule has 0 saturated heterocycles. The molecule has 0 saturated carbocycles. The van der Waals surface area contributed by atoms with Crippen LogP contribution in [0.4, 0.5) is 0 Å². The minimum absolute atomic E-state index is 0.307. The van der Waals surface area contributed by atoms with Crippen LogP contribution in [-0.4, -0.2) is 16.4 Å². The predicted molar refractivity (Wildman–Crippen MR) is 76.8 cm³/mol. The van der Waals surface area contributed by atoms with E-state index in [1.54, 1.807) is 0 Å². The van der Waals surface area contributed by atoms with Crippen molar-refractivity contribution in [2.24, 2.45) is 5.92 Å². The molecule has 0 aliphatic heterocycles. The van der Waals surface area contributed by atoms with Gasteiger partial charge in [0.15, 0.2) is 0 Å². The highest BCUT2D eigenvalue weighted by Crippen LogP contribution is 2.17. The van der Waals surface area contributed by atoms with Crippen LogP contribution < -0.4 is 0 Å². The maximum absolute atomic E-state index is 10.6. The summed E-state index contributed by atoms with van der Waals surface area (Å²) in [6.07, 6.45) is 11.9. The summed E-state index contributed by atoms with van der Waals surface area (Å²) in [5.41, 5.74) is 0. The largest absolute Gasteiger partial charge is 0.481 e. The lowest BCUT2D eigenvalue weighted by atomic mass is 9.99. The third-order valence-electron chi connectivity index (χ3n) is 3.15. The molecule has 0 rings (SSSR count). The number of unbranched alkanes of at least 4 members (excludes halogenated alkanes) is 7. The maximum atomic E-state index is 10.6. The van der Waals surface area contributed by atoms with E-state index in [0.29, 0.717) is 12.3 Å². The van der Waals surface area contributed by atoms with Crippen molar-refractivity contribution < 1.29 is 9.90 Å². The van der Waals surface area contributed by atoms with E-state index in [1.807, 2.05) is 0 Å². The second-order valence-corrected chi connectivity index (χ2v) is 5.53. The standard InChI is InChI=1S/C14H27BrO2/c1-2-3-4-5-6-7-8-9-10-13(12-15)11-14(16)17/h13H,2-12H2,1H3,(H,16,17). The third-order valence-corrected chi connectivity index (χ3v) is 4.06. The minimum atomic E-state index is -0.672. The van der Waals surface area contributed by atoms with Gasteiger partial charge in [0.2, 0.25) is 0 Å². The Morgan fingerprint density at radius 1 is 1.06 bits per heavy atom. The number of hydrogen-bond acceptors (Lipinski definition) is 1. The van der Waals surface area contributed by atoms with Gasteiger partial charge in [-0.15, -0.1) is 0 Å². The molecule has 0 spiro atoms. The number of halogens is 1. The van der Waals surface area contributed by atoms with Crippen molar-refractivity contribution in [2.75, 3.05) is 5.33 Å². The molecule has 1 atom stereocenters. The summed E-state index contributed by atoms with van der Waals surface area (Å²) < 4.78 is 0. The van der Waals surface area contributed by atoms with Gasteiger partial charge < -0.3 is 5.11 Å². The van der Waals surface area contributed by atoms with Crippen LogP contribution in [0.2, 0.25) is 0 Å². The van der Waals surface area contributed by atoms with E-state index in [4.69, 9.17) is 5.11 Å². The predicted octanol–water partition coefficient (Wildman–Crippen LogP) is 5.00. The third kappa shape index (κ3) is 12.2. The van der Waals surface area contributed by atoms with Crippen LogP contribution in [0, 0.1) is 5.92 Å². The molecular formula is C14H27BrO2. The zero-order valence-electron chi connectivity index (χ0n) is 11.1. The van der Waals surface area contributed by atoms with Gasteiger partial charge in [-0.25, -0.2) is 0 Å². The Labute approximate surface area is 114 Å². The Bertz CT molecular complexity index is 183. The van der Waals surface area contributed by atoms with Crippen molar-refractivity contribution in [3.8, 4) is 0 Å². The van der Waals surface area contributed by atoms with Crippen molar-refractivity contribution in [3.63, 3.8) is 0 Å². The molecule has 102 valence electrons. The summed E-state index contributed by atoms with van der Waals surface area (Å²) in [6.45, 7) is 2.24. The Morgan fingerprint density at radius 3 is 2.06 bits per heavy atom. The van der Waals surface area contributed by atoms with Crippen LogP contribution in [0.1, 0.15) is 71.1 Å². The molecule has 0 fully saturated rings. The smallest absolute Gasteiger partial charge is 0.303 e. The molecule has 0 radical (unpaired) electrons. The molecular weight excluding hydrogens is 280 g/mol. The van der Waals surface area contributed by atoms with Crippen molar-refractivity contribution in [1.29, 1.82) is 0 Å². The van der Waals surface area contributed by atoms with Gasteiger partial charge in [0.25, 0.3) is 0 Å². The van der Waals surface area contributed by atoms with E-state index < -0.39 is 5.97 Å². The lowest BCUT2D eigenvalue weighted by molar-refractivity contribution is -0.137. The Hall–Kier alpha value is -0.0500. The average Bonchev–Trinajstić information content (AvgIpc) is 2.30. The first-order chi connectivity index (χ1) is 8.20. The molecule has 0 aliphatic rings. The summed E-state index contributed by atoms with van der Waals surface area (Å²) >= 11 is 3.39. The topological polar surface area (TPSA) is 37.3 Å². The Kier molecular flexibility index (Phi) is 12.4. The van der Waals surface area contributed by atoms with Crippen LogP contribution in [0.25, 0.3) is 0 Å². The number of rotatable bonds is 12. The molecule has 0 aromatic heterocycles. The van der Waals surface area contributed by atoms with Crippen molar-refractivity contribution in [3.05, 3.63) is 0 Å². The fourth-order valence-electron chi connectivity index (χ4n) is 2.05. The Balaban J connectivity index is 3.28. The molecule has 0 heterocycles. The average molecular weight is 307 g/mol. The number of aliphatic carboxylic acids is 1. The summed E-state index contributed by atoms with van der Waals surface area (Å²) in [5.74, 6) is -0.360. The molecule has 3 heteroatoms. The van der Waals surface area contributed by atoms with Crippen molar-refractivity contribution in [2.45, 2.75) is 71.1 Å². The second-order valence-electron chi connectivity index (χ2n) is 4.88. The molecule has 0 amide bonds. The monoisotopic (exact) mass is 306 g/mol. The van der Waals surface area contributed by atoms with E-state index in [-0.39, 0.29) is 0 Å². The van der Waals surface area contributed by atoms with E-state index in [0.717, 1.165) is 11.8 Å².